The molecule has 4 heterocycles. The summed E-state index contributed by atoms with van der Waals surface area (Å²) in [6.07, 6.45) is 6.32. The van der Waals surface area contributed by atoms with Crippen molar-refractivity contribution in [3.63, 3.8) is 0 Å². The quantitative estimate of drug-likeness (QED) is 0.817. The highest BCUT2D eigenvalue weighted by atomic mass is 16.3. The highest BCUT2D eigenvalue weighted by Crippen LogP contribution is 2.24. The number of fused-ring (bicyclic) bond motifs is 1. The fraction of sp³-hybridized carbons (Fsp3) is 0.789. The Labute approximate surface area is 155 Å². The zero-order chi connectivity index (χ0) is 18.1. The Morgan fingerprint density at radius 2 is 1.92 bits per heavy atom. The number of likely N-dealkylation sites (N-methyl/N-ethyl adjacent to an activating group) is 1. The SMILES string of the molecule is CN1CCc2[nH]nc(C(=O)N3CC[C@@H](N4CCCCCC4)[C@H](O)C3)c2C1. The number of amides is 1. The summed E-state index contributed by atoms with van der Waals surface area (Å²) >= 11 is 0. The minimum absolute atomic E-state index is 0.0360. The van der Waals surface area contributed by atoms with Crippen LogP contribution >= 0.6 is 0 Å². The second kappa shape index (κ2) is 7.66. The predicted octanol–water partition coefficient (Wildman–Crippen LogP) is 0.849. The summed E-state index contributed by atoms with van der Waals surface area (Å²) in [6, 6.07) is 0.191. The van der Waals surface area contributed by atoms with Gasteiger partial charge in [-0.3, -0.25) is 14.8 Å². The summed E-state index contributed by atoms with van der Waals surface area (Å²) in [6.45, 7) is 5.03. The molecule has 26 heavy (non-hydrogen) atoms. The number of hydrogen-bond acceptors (Lipinski definition) is 5. The molecule has 7 heteroatoms. The molecule has 2 saturated heterocycles. The van der Waals surface area contributed by atoms with Crippen LogP contribution < -0.4 is 0 Å². The number of aromatic amines is 1. The number of piperidine rings is 1. The first-order valence-corrected chi connectivity index (χ1v) is 10.1. The number of carbonyl (C=O) groups is 1. The van der Waals surface area contributed by atoms with Crippen LogP contribution in [0.3, 0.4) is 0 Å². The topological polar surface area (TPSA) is 75.7 Å². The van der Waals surface area contributed by atoms with E-state index in [1.807, 2.05) is 0 Å². The Kier molecular flexibility index (Phi) is 5.29. The van der Waals surface area contributed by atoms with Gasteiger partial charge in [-0.1, -0.05) is 12.8 Å². The Hall–Kier alpha value is -1.44. The fourth-order valence-electron chi connectivity index (χ4n) is 4.71. The van der Waals surface area contributed by atoms with E-state index in [9.17, 15) is 9.90 Å². The van der Waals surface area contributed by atoms with Gasteiger partial charge in [0.05, 0.1) is 6.10 Å². The van der Waals surface area contributed by atoms with Crippen molar-refractivity contribution in [1.29, 1.82) is 0 Å². The molecule has 0 unspecified atom stereocenters. The standard InChI is InChI=1S/C19H31N5O2/c1-22-10-6-15-14(12-22)18(21-20-15)19(26)24-11-7-16(17(25)13-24)23-8-4-2-3-5-9-23/h16-17,25H,2-13H2,1H3,(H,20,21)/t16-,17-/m1/s1. The Balaban J connectivity index is 1.42. The summed E-state index contributed by atoms with van der Waals surface area (Å²) in [4.78, 5) is 19.5. The average Bonchev–Trinajstić information content (AvgIpc) is 2.86. The Morgan fingerprint density at radius 3 is 2.65 bits per heavy atom. The van der Waals surface area contributed by atoms with E-state index in [4.69, 9.17) is 0 Å². The Bertz CT molecular complexity index is 638. The van der Waals surface area contributed by atoms with Gasteiger partial charge in [0.25, 0.3) is 5.91 Å². The third kappa shape index (κ3) is 3.52. The molecule has 0 bridgehead atoms. The lowest BCUT2D eigenvalue weighted by Gasteiger charge is -2.41. The minimum atomic E-state index is -0.469. The third-order valence-corrected chi connectivity index (χ3v) is 6.27. The number of nitrogens with one attached hydrogen (secondary N) is 1. The molecule has 0 saturated carbocycles. The van der Waals surface area contributed by atoms with Crippen LogP contribution in [0.1, 0.15) is 53.8 Å². The molecule has 0 spiro atoms. The van der Waals surface area contributed by atoms with Gasteiger partial charge in [-0.15, -0.1) is 0 Å². The highest BCUT2D eigenvalue weighted by Gasteiger charge is 2.36. The first kappa shape index (κ1) is 17.9. The van der Waals surface area contributed by atoms with E-state index in [1.54, 1.807) is 4.90 Å². The van der Waals surface area contributed by atoms with Crippen LogP contribution in [0.5, 0.6) is 0 Å². The van der Waals surface area contributed by atoms with Crippen LogP contribution in [0.2, 0.25) is 0 Å². The molecule has 3 aliphatic rings. The zero-order valence-corrected chi connectivity index (χ0v) is 15.8. The third-order valence-electron chi connectivity index (χ3n) is 6.27. The van der Waals surface area contributed by atoms with E-state index in [1.165, 1.54) is 25.7 Å². The van der Waals surface area contributed by atoms with Gasteiger partial charge in [0, 0.05) is 49.9 Å². The molecule has 1 aromatic rings. The number of aliphatic hydroxyl groups is 1. The van der Waals surface area contributed by atoms with Crippen molar-refractivity contribution in [3.8, 4) is 0 Å². The largest absolute Gasteiger partial charge is 0.390 e. The first-order chi connectivity index (χ1) is 12.6. The second-order valence-electron chi connectivity index (χ2n) is 8.14. The number of likely N-dealkylation sites (tertiary alicyclic amines) is 2. The van der Waals surface area contributed by atoms with Crippen molar-refractivity contribution < 1.29 is 9.90 Å². The van der Waals surface area contributed by atoms with Gasteiger partial charge >= 0.3 is 0 Å². The summed E-state index contributed by atoms with van der Waals surface area (Å²) in [5.74, 6) is -0.0360. The van der Waals surface area contributed by atoms with Crippen LogP contribution in [-0.2, 0) is 13.0 Å². The lowest BCUT2D eigenvalue weighted by Crippen LogP contribution is -2.55. The molecule has 4 rings (SSSR count). The molecule has 3 aliphatic heterocycles. The van der Waals surface area contributed by atoms with Gasteiger partial charge in [-0.05, 0) is 39.4 Å². The van der Waals surface area contributed by atoms with Gasteiger partial charge in [-0.2, -0.15) is 5.10 Å². The molecule has 1 amide bonds. The summed E-state index contributed by atoms with van der Waals surface area (Å²) < 4.78 is 0. The highest BCUT2D eigenvalue weighted by molar-refractivity contribution is 5.94. The second-order valence-corrected chi connectivity index (χ2v) is 8.14. The number of aliphatic hydroxyl groups excluding tert-OH is 1. The van der Waals surface area contributed by atoms with Crippen molar-refractivity contribution in [1.82, 2.24) is 24.9 Å². The van der Waals surface area contributed by atoms with Crippen LogP contribution in [0.4, 0.5) is 0 Å². The molecule has 1 aromatic heterocycles. The van der Waals surface area contributed by atoms with Gasteiger partial charge in [0.15, 0.2) is 5.69 Å². The van der Waals surface area contributed by atoms with Crippen molar-refractivity contribution >= 4 is 5.91 Å². The number of H-pyrrole nitrogens is 1. The molecule has 0 aromatic carbocycles. The number of carbonyl (C=O) groups excluding carboxylic acids is 1. The predicted molar refractivity (Wildman–Crippen MR) is 99.0 cm³/mol. The molecule has 2 fully saturated rings. The summed E-state index contributed by atoms with van der Waals surface area (Å²) in [7, 11) is 2.07. The lowest BCUT2D eigenvalue weighted by molar-refractivity contribution is -0.00830. The summed E-state index contributed by atoms with van der Waals surface area (Å²) in [5, 5.41) is 18.1. The van der Waals surface area contributed by atoms with Gasteiger partial charge in [-0.25, -0.2) is 0 Å². The van der Waals surface area contributed by atoms with Crippen LogP contribution in [-0.4, -0.2) is 87.8 Å². The van der Waals surface area contributed by atoms with Crippen molar-refractivity contribution in [2.45, 2.75) is 57.2 Å². The van der Waals surface area contributed by atoms with Gasteiger partial charge in [0.1, 0.15) is 0 Å². The number of rotatable bonds is 2. The van der Waals surface area contributed by atoms with Gasteiger partial charge < -0.3 is 14.9 Å². The van der Waals surface area contributed by atoms with E-state index < -0.39 is 6.10 Å². The molecule has 0 radical (unpaired) electrons. The maximum atomic E-state index is 13.0. The number of aromatic nitrogens is 2. The molecule has 7 nitrogen and oxygen atoms in total. The molecule has 2 N–H and O–H groups in total. The lowest BCUT2D eigenvalue weighted by atomic mass is 9.98. The van der Waals surface area contributed by atoms with Crippen LogP contribution in [0.15, 0.2) is 0 Å². The monoisotopic (exact) mass is 361 g/mol. The molecular weight excluding hydrogens is 330 g/mol. The van der Waals surface area contributed by atoms with E-state index in [-0.39, 0.29) is 11.9 Å². The summed E-state index contributed by atoms with van der Waals surface area (Å²) in [5.41, 5.74) is 2.67. The number of β-amino-alcohol motifs (C(OH)–C–C–N with tert-alkyl or cyclic N) is 1. The smallest absolute Gasteiger partial charge is 0.274 e. The van der Waals surface area contributed by atoms with E-state index in [2.05, 4.69) is 27.0 Å². The Morgan fingerprint density at radius 1 is 1.15 bits per heavy atom. The van der Waals surface area contributed by atoms with E-state index >= 15 is 0 Å². The molecule has 144 valence electrons. The van der Waals surface area contributed by atoms with Gasteiger partial charge in [0.2, 0.25) is 0 Å². The minimum Gasteiger partial charge on any atom is -0.390 e. The van der Waals surface area contributed by atoms with Crippen LogP contribution in [0, 0.1) is 0 Å². The van der Waals surface area contributed by atoms with Crippen LogP contribution in [0.25, 0.3) is 0 Å². The first-order valence-electron chi connectivity index (χ1n) is 10.1. The fourth-order valence-corrected chi connectivity index (χ4v) is 4.71. The number of hydrogen-bond donors (Lipinski definition) is 2. The molecule has 0 aliphatic carbocycles. The van der Waals surface area contributed by atoms with E-state index in [0.717, 1.165) is 50.3 Å². The average molecular weight is 361 g/mol. The van der Waals surface area contributed by atoms with Crippen molar-refractivity contribution in [3.05, 3.63) is 17.0 Å². The maximum absolute atomic E-state index is 13.0. The normalized spacial score (nSPS) is 28.6. The molecular formula is C19H31N5O2. The van der Waals surface area contributed by atoms with Crippen molar-refractivity contribution in [2.24, 2.45) is 0 Å². The molecule has 2 atom stereocenters. The zero-order valence-electron chi connectivity index (χ0n) is 15.8. The number of nitrogens with zero attached hydrogens (tertiary/aromatic N) is 4. The maximum Gasteiger partial charge on any atom is 0.274 e. The van der Waals surface area contributed by atoms with E-state index in [0.29, 0.717) is 18.8 Å². The van der Waals surface area contributed by atoms with Crippen molar-refractivity contribution in [2.75, 3.05) is 39.8 Å².